The number of aromatic nitrogens is 1. The van der Waals surface area contributed by atoms with Crippen molar-refractivity contribution in [1.82, 2.24) is 4.98 Å². The van der Waals surface area contributed by atoms with Crippen LogP contribution >= 0.6 is 0 Å². The summed E-state index contributed by atoms with van der Waals surface area (Å²) in [6.45, 7) is 5.88. The Morgan fingerprint density at radius 1 is 1.12 bits per heavy atom. The van der Waals surface area contributed by atoms with Crippen LogP contribution in [0.2, 0.25) is 17.3 Å². The fourth-order valence-corrected chi connectivity index (χ4v) is 5.19. The zero-order chi connectivity index (χ0) is 21.5. The Kier molecular flexibility index (Phi) is 11.6. The van der Waals surface area contributed by atoms with Crippen molar-refractivity contribution in [3.05, 3.63) is 48.2 Å². The minimum atomic E-state index is -2.24. The molecule has 2 rings (SSSR count). The van der Waals surface area contributed by atoms with E-state index in [1.165, 1.54) is 0 Å². The number of aliphatic hydroxyl groups excluding tert-OH is 2. The minimum absolute atomic E-state index is 0. The van der Waals surface area contributed by atoms with Crippen LogP contribution < -0.4 is 4.40 Å². The molecule has 0 aliphatic heterocycles. The summed E-state index contributed by atoms with van der Waals surface area (Å²) >= 11 is -2.24. The number of pyridine rings is 1. The number of aliphatic hydroxyl groups is 2. The summed E-state index contributed by atoms with van der Waals surface area (Å²) in [5.74, 6) is 6.86. The van der Waals surface area contributed by atoms with Gasteiger partial charge in [0.05, 0.1) is 0 Å². The third kappa shape index (κ3) is 9.43. The first-order valence-corrected chi connectivity index (χ1v) is 15.7. The molecule has 0 atom stereocenters. The van der Waals surface area contributed by atoms with E-state index in [0.717, 1.165) is 35.4 Å². The van der Waals surface area contributed by atoms with Crippen molar-refractivity contribution >= 4 is 17.7 Å². The largest absolute Gasteiger partial charge is 0 e. The van der Waals surface area contributed by atoms with Crippen molar-refractivity contribution in [2.24, 2.45) is 5.41 Å². The smallest absolute Gasteiger partial charge is 0 e. The summed E-state index contributed by atoms with van der Waals surface area (Å²) in [4.78, 5) is 4.62. The third-order valence-electron chi connectivity index (χ3n) is 3.21. The van der Waals surface area contributed by atoms with Gasteiger partial charge in [-0.3, -0.25) is 0 Å². The fourth-order valence-electron chi connectivity index (χ4n) is 2.26. The number of rotatable bonds is 3. The van der Waals surface area contributed by atoms with E-state index in [1.807, 2.05) is 57.3 Å². The summed E-state index contributed by atoms with van der Waals surface area (Å²) in [5.41, 5.74) is 2.03. The van der Waals surface area contributed by atoms with Crippen LogP contribution in [0.25, 0.3) is 11.3 Å². The first kappa shape index (κ1) is 23.5. The maximum absolute atomic E-state index is 8.76. The summed E-state index contributed by atoms with van der Waals surface area (Å²) < 4.78 is 18.7. The number of benzene rings is 1. The fraction of sp³-hybridized carbons (Fsp3) is 0.476. The van der Waals surface area contributed by atoms with Gasteiger partial charge >= 0.3 is 135 Å². The van der Waals surface area contributed by atoms with Gasteiger partial charge in [-0.15, -0.1) is 0 Å². The molecule has 2 N–H and O–H groups in total. The van der Waals surface area contributed by atoms with E-state index in [4.69, 9.17) is 13.0 Å². The van der Waals surface area contributed by atoms with Gasteiger partial charge in [0.25, 0.3) is 0 Å². The molecule has 1 heterocycles. The Morgan fingerprint density at radius 3 is 2.12 bits per heavy atom. The minimum Gasteiger partial charge on any atom is 0 e. The zero-order valence-corrected chi connectivity index (χ0v) is 21.6. The number of hydrogen-bond donors (Lipinski definition) is 2. The zero-order valence-electron chi connectivity index (χ0n) is 19.1. The molecule has 2 aromatic rings. The topological polar surface area (TPSA) is 53.4 Å². The second-order valence-electron chi connectivity index (χ2n) is 7.52. The van der Waals surface area contributed by atoms with Gasteiger partial charge in [-0.1, -0.05) is 0 Å². The molecular formula is C21H34GeIrNO2-. The maximum Gasteiger partial charge on any atom is 0 e. The van der Waals surface area contributed by atoms with Crippen molar-refractivity contribution in [3.8, 4) is 11.3 Å². The average molecular weight is 599 g/mol. The molecule has 3 nitrogen and oxygen atoms in total. The molecule has 0 unspecified atom stereocenters. The van der Waals surface area contributed by atoms with Crippen LogP contribution in [0.1, 0.15) is 29.1 Å². The third-order valence-corrected chi connectivity index (χ3v) is 7.43. The number of hydrogen-bond acceptors (Lipinski definition) is 3. The van der Waals surface area contributed by atoms with Crippen molar-refractivity contribution in [2.75, 3.05) is 14.2 Å². The van der Waals surface area contributed by atoms with Crippen LogP contribution in [0, 0.1) is 11.5 Å². The van der Waals surface area contributed by atoms with E-state index in [-0.39, 0.29) is 20.1 Å². The average Bonchev–Trinajstić information content (AvgIpc) is 2.63. The maximum atomic E-state index is 8.76. The Balaban J connectivity index is 0. The molecule has 0 bridgehead atoms. The molecule has 0 amide bonds. The van der Waals surface area contributed by atoms with Gasteiger partial charge < -0.3 is 10.2 Å². The van der Waals surface area contributed by atoms with Crippen LogP contribution in [0.4, 0.5) is 0 Å². The van der Waals surface area contributed by atoms with Gasteiger partial charge in [-0.05, 0) is 0 Å². The molecule has 1 aromatic heterocycles. The van der Waals surface area contributed by atoms with E-state index in [9.17, 15) is 0 Å². The number of nitrogens with zero attached hydrogens (tertiary/aromatic N) is 1. The van der Waals surface area contributed by atoms with Crippen LogP contribution in [0.5, 0.6) is 0 Å². The van der Waals surface area contributed by atoms with Gasteiger partial charge in [0.15, 0.2) is 0 Å². The van der Waals surface area contributed by atoms with Gasteiger partial charge in [0.2, 0.25) is 0 Å². The molecule has 0 saturated carbocycles. The molecule has 0 fully saturated rings. The SMILES string of the molecule is CO.CO.[2H]C([2H])(c1cc(-c2[c-]cccc2)nc[c]1[Ge]([CH3])([CH3])[CH3])C(C)(C)C.[Ir]. The van der Waals surface area contributed by atoms with Gasteiger partial charge in [-0.2, -0.15) is 0 Å². The summed E-state index contributed by atoms with van der Waals surface area (Å²) in [6, 6.07) is 12.9. The first-order valence-electron chi connectivity index (χ1n) is 9.32. The Hall–Kier alpha value is -0.518. The Labute approximate surface area is 178 Å². The van der Waals surface area contributed by atoms with Crippen molar-refractivity contribution in [2.45, 2.75) is 44.4 Å². The van der Waals surface area contributed by atoms with Gasteiger partial charge in [0, 0.05) is 34.3 Å². The molecule has 0 spiro atoms. The van der Waals surface area contributed by atoms with E-state index in [2.05, 4.69) is 28.3 Å². The standard InChI is InChI=1S/C19H26GeN.2CH4O.Ir/c1-19(2,3)13-16-12-18(15-10-8-7-9-11-15)21-14-17(16)20(4,5)6;2*1-2;/h7-10,12,14H,13H2,1-6H3;2*2H,1H3;/q-1;;;/i13D2;;;. The molecule has 149 valence electrons. The molecule has 1 aromatic carbocycles. The summed E-state index contributed by atoms with van der Waals surface area (Å²) in [6.07, 6.45) is 0.502. The molecule has 0 aliphatic carbocycles. The van der Waals surface area contributed by atoms with Crippen LogP contribution in [0.3, 0.4) is 0 Å². The monoisotopic (exact) mass is 601 g/mol. The van der Waals surface area contributed by atoms with Crippen LogP contribution in [-0.2, 0) is 26.5 Å². The predicted octanol–water partition coefficient (Wildman–Crippen LogP) is 3.90. The van der Waals surface area contributed by atoms with E-state index >= 15 is 0 Å². The van der Waals surface area contributed by atoms with Gasteiger partial charge in [-0.25, -0.2) is 0 Å². The predicted molar refractivity (Wildman–Crippen MR) is 111 cm³/mol. The molecule has 0 saturated heterocycles. The molecule has 5 heteroatoms. The molecule has 0 aliphatic rings. The normalized spacial score (nSPS) is 12.2. The van der Waals surface area contributed by atoms with E-state index < -0.39 is 25.1 Å². The molecule has 1 radical (unpaired) electrons. The van der Waals surface area contributed by atoms with Crippen molar-refractivity contribution in [1.29, 1.82) is 0 Å². The van der Waals surface area contributed by atoms with E-state index in [1.54, 1.807) is 0 Å². The van der Waals surface area contributed by atoms with E-state index in [0.29, 0.717) is 0 Å². The molecular weight excluding hydrogens is 563 g/mol. The van der Waals surface area contributed by atoms with Crippen LogP contribution in [0.15, 0.2) is 36.5 Å². The summed E-state index contributed by atoms with van der Waals surface area (Å²) in [5, 5.41) is 14.0. The Morgan fingerprint density at radius 2 is 1.69 bits per heavy atom. The quantitative estimate of drug-likeness (QED) is 0.416. The molecule has 26 heavy (non-hydrogen) atoms. The Bertz CT molecular complexity index is 700. The second-order valence-corrected chi connectivity index (χ2v) is 18.1. The second kappa shape index (κ2) is 12.8. The van der Waals surface area contributed by atoms with Crippen molar-refractivity contribution < 1.29 is 33.1 Å². The van der Waals surface area contributed by atoms with Crippen LogP contribution in [-0.4, -0.2) is 42.7 Å². The van der Waals surface area contributed by atoms with Crippen molar-refractivity contribution in [3.63, 3.8) is 0 Å². The van der Waals surface area contributed by atoms with Gasteiger partial charge in [0.1, 0.15) is 0 Å². The summed E-state index contributed by atoms with van der Waals surface area (Å²) in [7, 11) is 2.00. The first-order chi connectivity index (χ1) is 12.4.